The highest BCUT2D eigenvalue weighted by Crippen LogP contribution is 2.46. The van der Waals surface area contributed by atoms with Gasteiger partial charge in [0.15, 0.2) is 0 Å². The minimum Gasteiger partial charge on any atom is -0.385 e. The molecule has 0 saturated heterocycles. The smallest absolute Gasteiger partial charge is 0.0901 e. The summed E-state index contributed by atoms with van der Waals surface area (Å²) in [6, 6.07) is 5.65. The van der Waals surface area contributed by atoms with E-state index in [1.54, 1.807) is 0 Å². The molecule has 64 valence electrons. The molecule has 1 aromatic carbocycles. The third-order valence-corrected chi connectivity index (χ3v) is 2.65. The first-order valence-electron chi connectivity index (χ1n) is 4.11. The fourth-order valence-corrected chi connectivity index (χ4v) is 1.76. The van der Waals surface area contributed by atoms with Crippen LogP contribution >= 0.6 is 11.6 Å². The highest BCUT2D eigenvalue weighted by Gasteiger charge is 2.42. The molecule has 1 fully saturated rings. The zero-order chi connectivity index (χ0) is 8.77. The van der Waals surface area contributed by atoms with E-state index in [2.05, 4.69) is 0 Å². The number of hydrogen-bond acceptors (Lipinski definition) is 1. The zero-order valence-electron chi connectivity index (χ0n) is 6.97. The van der Waals surface area contributed by atoms with Crippen molar-refractivity contribution >= 4 is 11.6 Å². The summed E-state index contributed by atoms with van der Waals surface area (Å²) in [5, 5.41) is 10.6. The summed E-state index contributed by atoms with van der Waals surface area (Å²) in [6.45, 7) is 1.98. The maximum atomic E-state index is 9.83. The van der Waals surface area contributed by atoms with Gasteiger partial charge in [0.1, 0.15) is 0 Å². The summed E-state index contributed by atoms with van der Waals surface area (Å²) in [5.41, 5.74) is 1.59. The van der Waals surface area contributed by atoms with E-state index in [1.165, 1.54) is 0 Å². The highest BCUT2D eigenvalue weighted by molar-refractivity contribution is 6.30. The average molecular weight is 183 g/mol. The van der Waals surface area contributed by atoms with Crippen LogP contribution in [-0.4, -0.2) is 5.11 Å². The predicted molar refractivity (Wildman–Crippen MR) is 49.3 cm³/mol. The Bertz CT molecular complexity index is 316. The Morgan fingerprint density at radius 3 is 2.58 bits per heavy atom. The van der Waals surface area contributed by atoms with Crippen molar-refractivity contribution in [2.24, 2.45) is 0 Å². The van der Waals surface area contributed by atoms with Crippen LogP contribution in [0.3, 0.4) is 0 Å². The molecule has 0 amide bonds. The molecule has 0 bridgehead atoms. The lowest BCUT2D eigenvalue weighted by Gasteiger charge is -2.11. The van der Waals surface area contributed by atoms with Gasteiger partial charge in [-0.2, -0.15) is 0 Å². The Kier molecular flexibility index (Phi) is 1.67. The molecule has 2 heteroatoms. The molecule has 0 aromatic heterocycles. The molecule has 0 spiro atoms. The summed E-state index contributed by atoms with van der Waals surface area (Å²) in [7, 11) is 0. The first kappa shape index (κ1) is 8.09. The van der Waals surface area contributed by atoms with Gasteiger partial charge in [-0.25, -0.2) is 0 Å². The molecule has 0 unspecified atom stereocenters. The van der Waals surface area contributed by atoms with Crippen LogP contribution in [0.2, 0.25) is 5.02 Å². The first-order valence-corrected chi connectivity index (χ1v) is 4.49. The summed E-state index contributed by atoms with van der Waals surface area (Å²) < 4.78 is 0. The van der Waals surface area contributed by atoms with Crippen LogP contribution < -0.4 is 0 Å². The molecule has 0 heterocycles. The number of aliphatic hydroxyl groups is 1. The Morgan fingerprint density at radius 1 is 1.42 bits per heavy atom. The molecule has 1 saturated carbocycles. The molecule has 1 aromatic rings. The van der Waals surface area contributed by atoms with Gasteiger partial charge in [0.05, 0.1) is 5.60 Å². The van der Waals surface area contributed by atoms with E-state index >= 15 is 0 Å². The average Bonchev–Trinajstić information content (AvgIpc) is 2.68. The predicted octanol–water partition coefficient (Wildman–Crippen LogP) is 2.63. The third kappa shape index (κ3) is 1.23. The van der Waals surface area contributed by atoms with Crippen LogP contribution in [0.4, 0.5) is 0 Å². The van der Waals surface area contributed by atoms with Crippen molar-refractivity contribution in [2.75, 3.05) is 0 Å². The fourth-order valence-electron chi connectivity index (χ4n) is 1.54. The van der Waals surface area contributed by atoms with Gasteiger partial charge < -0.3 is 5.11 Å². The van der Waals surface area contributed by atoms with Gasteiger partial charge in [-0.05, 0) is 43.0 Å². The molecule has 1 aliphatic rings. The topological polar surface area (TPSA) is 20.2 Å². The number of rotatable bonds is 1. The summed E-state index contributed by atoms with van der Waals surface area (Å²) in [4.78, 5) is 0. The maximum Gasteiger partial charge on any atom is 0.0901 e. The van der Waals surface area contributed by atoms with Gasteiger partial charge >= 0.3 is 0 Å². The lowest BCUT2D eigenvalue weighted by molar-refractivity contribution is 0.151. The monoisotopic (exact) mass is 182 g/mol. The molecule has 1 N–H and O–H groups in total. The normalized spacial score (nSPS) is 19.2. The SMILES string of the molecule is Cc1cc(Cl)ccc1C1(O)CC1. The maximum absolute atomic E-state index is 9.83. The number of halogens is 1. The molecular weight excluding hydrogens is 172 g/mol. The van der Waals surface area contributed by atoms with Crippen LogP contribution in [0.1, 0.15) is 24.0 Å². The van der Waals surface area contributed by atoms with Crippen molar-refractivity contribution < 1.29 is 5.11 Å². The van der Waals surface area contributed by atoms with E-state index < -0.39 is 5.60 Å². The van der Waals surface area contributed by atoms with E-state index in [0.717, 1.165) is 29.0 Å². The Morgan fingerprint density at radius 2 is 2.08 bits per heavy atom. The van der Waals surface area contributed by atoms with Gasteiger partial charge in [-0.3, -0.25) is 0 Å². The van der Waals surface area contributed by atoms with Crippen LogP contribution in [0.5, 0.6) is 0 Å². The van der Waals surface area contributed by atoms with E-state index in [1.807, 2.05) is 25.1 Å². The van der Waals surface area contributed by atoms with Crippen LogP contribution in [0.15, 0.2) is 18.2 Å². The fraction of sp³-hybridized carbons (Fsp3) is 0.400. The largest absolute Gasteiger partial charge is 0.385 e. The van der Waals surface area contributed by atoms with Gasteiger partial charge in [-0.1, -0.05) is 17.7 Å². The summed E-state index contributed by atoms with van der Waals surface area (Å²) in [6.07, 6.45) is 1.77. The third-order valence-electron chi connectivity index (χ3n) is 2.41. The summed E-state index contributed by atoms with van der Waals surface area (Å²) >= 11 is 5.81. The second-order valence-electron chi connectivity index (χ2n) is 3.49. The lowest BCUT2D eigenvalue weighted by atomic mass is 10.0. The standard InChI is InChI=1S/C10H11ClO/c1-7-6-8(11)2-3-9(7)10(12)4-5-10/h2-3,6,12H,4-5H2,1H3. The van der Waals surface area contributed by atoms with Crippen molar-refractivity contribution in [2.45, 2.75) is 25.4 Å². The molecule has 12 heavy (non-hydrogen) atoms. The second-order valence-corrected chi connectivity index (χ2v) is 3.93. The van der Waals surface area contributed by atoms with Gasteiger partial charge in [0.2, 0.25) is 0 Å². The lowest BCUT2D eigenvalue weighted by Crippen LogP contribution is -2.05. The second kappa shape index (κ2) is 2.48. The molecule has 1 aliphatic carbocycles. The Balaban J connectivity index is 2.45. The van der Waals surface area contributed by atoms with Crippen LogP contribution in [0, 0.1) is 6.92 Å². The first-order chi connectivity index (χ1) is 5.62. The molecular formula is C10H11ClO. The number of hydrogen-bond donors (Lipinski definition) is 1. The van der Waals surface area contributed by atoms with Crippen molar-refractivity contribution in [1.29, 1.82) is 0 Å². The molecule has 2 rings (SSSR count). The Labute approximate surface area is 77.0 Å². The van der Waals surface area contributed by atoms with Crippen molar-refractivity contribution in [3.8, 4) is 0 Å². The van der Waals surface area contributed by atoms with E-state index in [4.69, 9.17) is 11.6 Å². The molecule has 0 aliphatic heterocycles. The summed E-state index contributed by atoms with van der Waals surface area (Å²) in [5.74, 6) is 0. The quantitative estimate of drug-likeness (QED) is 0.708. The van der Waals surface area contributed by atoms with Gasteiger partial charge in [0.25, 0.3) is 0 Å². The van der Waals surface area contributed by atoms with Crippen molar-refractivity contribution in [3.63, 3.8) is 0 Å². The molecule has 1 nitrogen and oxygen atoms in total. The van der Waals surface area contributed by atoms with E-state index in [-0.39, 0.29) is 0 Å². The number of benzene rings is 1. The zero-order valence-corrected chi connectivity index (χ0v) is 7.73. The van der Waals surface area contributed by atoms with Crippen LogP contribution in [0.25, 0.3) is 0 Å². The van der Waals surface area contributed by atoms with E-state index in [9.17, 15) is 5.11 Å². The number of aryl methyl sites for hydroxylation is 1. The molecule has 0 atom stereocenters. The van der Waals surface area contributed by atoms with Gasteiger partial charge in [-0.15, -0.1) is 0 Å². The molecule has 0 radical (unpaired) electrons. The van der Waals surface area contributed by atoms with Crippen molar-refractivity contribution in [1.82, 2.24) is 0 Å². The minimum absolute atomic E-state index is 0.533. The van der Waals surface area contributed by atoms with E-state index in [0.29, 0.717) is 0 Å². The van der Waals surface area contributed by atoms with Crippen molar-refractivity contribution in [3.05, 3.63) is 34.3 Å². The Hall–Kier alpha value is -0.530. The highest BCUT2D eigenvalue weighted by atomic mass is 35.5. The van der Waals surface area contributed by atoms with Gasteiger partial charge in [0, 0.05) is 5.02 Å². The minimum atomic E-state index is -0.533. The van der Waals surface area contributed by atoms with Crippen LogP contribution in [-0.2, 0) is 5.60 Å².